The topological polar surface area (TPSA) is 38.4 Å². The van der Waals surface area contributed by atoms with Crippen molar-refractivity contribution in [1.82, 2.24) is 4.57 Å². The van der Waals surface area contributed by atoms with Gasteiger partial charge in [-0.15, -0.1) is 0 Å². The molecule has 11 aromatic carbocycles. The lowest BCUT2D eigenvalue weighted by Crippen LogP contribution is -2.28. The van der Waals surface area contributed by atoms with Gasteiger partial charge in [0.1, 0.15) is 11.2 Å². The fourth-order valence-corrected chi connectivity index (χ4v) is 11.6. The molecule has 72 heavy (non-hydrogen) atoms. The molecule has 1 aliphatic carbocycles. The van der Waals surface area contributed by atoms with Crippen LogP contribution in [-0.2, 0) is 5.41 Å². The molecule has 0 saturated carbocycles. The Kier molecular flexibility index (Phi) is 9.55. The Morgan fingerprint density at radius 3 is 1.67 bits per heavy atom. The van der Waals surface area contributed by atoms with E-state index in [0.717, 1.165) is 50.5 Å². The number of benzene rings is 11. The van der Waals surface area contributed by atoms with Gasteiger partial charge in [0.25, 0.3) is 0 Å². The predicted octanol–water partition coefficient (Wildman–Crippen LogP) is 17.2. The first-order valence-electron chi connectivity index (χ1n) is 24.5. The molecule has 0 fully saturated rings. The summed E-state index contributed by atoms with van der Waals surface area (Å²) in [7, 11) is 0. The molecule has 13 aromatic rings. The molecule has 0 saturated heterocycles. The van der Waals surface area contributed by atoms with Crippen molar-refractivity contribution in [3.8, 4) is 39.1 Å². The van der Waals surface area contributed by atoms with Crippen LogP contribution in [0.3, 0.4) is 0 Å². The fourth-order valence-electron chi connectivity index (χ4n) is 11.6. The third-order valence-corrected chi connectivity index (χ3v) is 14.8. The van der Waals surface area contributed by atoms with Crippen molar-refractivity contribution in [3.05, 3.63) is 299 Å². The van der Waals surface area contributed by atoms with Crippen LogP contribution in [0.25, 0.3) is 82.8 Å². The largest absolute Gasteiger partial charge is 0.456 e. The second kappa shape index (κ2) is 16.6. The van der Waals surface area contributed by atoms with Crippen molar-refractivity contribution >= 4 is 60.8 Å². The summed E-state index contributed by atoms with van der Waals surface area (Å²) in [6.45, 7) is 0. The summed E-state index contributed by atoms with van der Waals surface area (Å²) in [5, 5.41) is 3.58. The van der Waals surface area contributed by atoms with Crippen LogP contribution in [0.2, 0.25) is 0 Å². The number of anilines is 3. The second-order valence-electron chi connectivity index (χ2n) is 18.8. The van der Waals surface area contributed by atoms with Crippen LogP contribution < -0.4 is 10.3 Å². The Balaban J connectivity index is 0.950. The quantitative estimate of drug-likeness (QED) is 0.143. The van der Waals surface area contributed by atoms with E-state index in [4.69, 9.17) is 4.42 Å². The highest BCUT2D eigenvalue weighted by molar-refractivity contribution is 6.11. The van der Waals surface area contributed by atoms with E-state index in [9.17, 15) is 4.79 Å². The molecule has 338 valence electrons. The van der Waals surface area contributed by atoms with Gasteiger partial charge in [0.2, 0.25) is 5.43 Å². The highest BCUT2D eigenvalue weighted by Crippen LogP contribution is 2.58. The molecule has 14 rings (SSSR count). The van der Waals surface area contributed by atoms with E-state index in [1.165, 1.54) is 49.7 Å². The summed E-state index contributed by atoms with van der Waals surface area (Å²) in [6.07, 6.45) is 0. The molecule has 0 spiro atoms. The van der Waals surface area contributed by atoms with Gasteiger partial charge in [0, 0.05) is 33.5 Å². The molecule has 4 nitrogen and oxygen atoms in total. The van der Waals surface area contributed by atoms with Gasteiger partial charge in [-0.05, 0) is 153 Å². The Labute approximate surface area is 416 Å². The average molecular weight is 921 g/mol. The highest BCUT2D eigenvalue weighted by Gasteiger charge is 2.46. The number of aromatic nitrogens is 1. The number of rotatable bonds is 8. The summed E-state index contributed by atoms with van der Waals surface area (Å²) in [6, 6.07) is 95.2. The maximum Gasteiger partial charge on any atom is 0.200 e. The third kappa shape index (κ3) is 6.43. The number of hydrogen-bond acceptors (Lipinski definition) is 3. The Morgan fingerprint density at radius 2 is 0.917 bits per heavy atom. The van der Waals surface area contributed by atoms with Crippen LogP contribution in [0.4, 0.5) is 17.1 Å². The molecule has 0 aliphatic heterocycles. The van der Waals surface area contributed by atoms with E-state index >= 15 is 0 Å². The van der Waals surface area contributed by atoms with Crippen LogP contribution in [-0.4, -0.2) is 4.57 Å². The maximum atomic E-state index is 13.4. The molecule has 0 radical (unpaired) electrons. The van der Waals surface area contributed by atoms with Gasteiger partial charge in [-0.2, -0.15) is 0 Å². The van der Waals surface area contributed by atoms with Gasteiger partial charge in [0.05, 0.1) is 27.2 Å². The summed E-state index contributed by atoms with van der Waals surface area (Å²) >= 11 is 0. The van der Waals surface area contributed by atoms with Gasteiger partial charge in [-0.25, -0.2) is 0 Å². The smallest absolute Gasteiger partial charge is 0.200 e. The molecule has 0 amide bonds. The first-order valence-corrected chi connectivity index (χ1v) is 24.5. The summed E-state index contributed by atoms with van der Waals surface area (Å²) < 4.78 is 8.67. The van der Waals surface area contributed by atoms with Crippen molar-refractivity contribution in [1.29, 1.82) is 0 Å². The summed E-state index contributed by atoms with van der Waals surface area (Å²) in [5.74, 6) is 0. The zero-order valence-electron chi connectivity index (χ0n) is 39.1. The van der Waals surface area contributed by atoms with Crippen molar-refractivity contribution in [2.24, 2.45) is 0 Å². The monoisotopic (exact) mass is 920 g/mol. The van der Waals surface area contributed by atoms with Gasteiger partial charge in [-0.3, -0.25) is 4.79 Å². The second-order valence-corrected chi connectivity index (χ2v) is 18.8. The number of fused-ring (bicyclic) bond motifs is 8. The lowest BCUT2D eigenvalue weighted by molar-refractivity contribution is 0.660. The van der Waals surface area contributed by atoms with Crippen LogP contribution >= 0.6 is 0 Å². The minimum absolute atomic E-state index is 0.0162. The minimum Gasteiger partial charge on any atom is -0.456 e. The zero-order valence-corrected chi connectivity index (χ0v) is 39.1. The molecular weight excluding hydrogens is 877 g/mol. The SMILES string of the molecule is O=c1c2ccccc2oc2cc(-c3cccc(-c4ccc5c(c4)-c4ccc(N(c6ccccc6)c6ccc7c(c6)c6ccccc6n7-c6ccccc6)cc4C5(c4ccccc4)c4ccccc4)c3)ccc12. The molecule has 0 atom stereocenters. The van der Waals surface area contributed by atoms with E-state index < -0.39 is 5.41 Å². The van der Waals surface area contributed by atoms with E-state index in [0.29, 0.717) is 21.9 Å². The molecule has 0 bridgehead atoms. The molecular formula is C68H44N2O2. The molecule has 2 aromatic heterocycles. The lowest BCUT2D eigenvalue weighted by Gasteiger charge is -2.35. The molecule has 4 heteroatoms. The Bertz CT molecular complexity index is 4250. The Hall–Kier alpha value is -9.51. The van der Waals surface area contributed by atoms with Gasteiger partial charge < -0.3 is 13.9 Å². The number of para-hydroxylation sites is 4. The van der Waals surface area contributed by atoms with E-state index in [1.807, 2.05) is 42.5 Å². The van der Waals surface area contributed by atoms with Gasteiger partial charge >= 0.3 is 0 Å². The van der Waals surface area contributed by atoms with Crippen LogP contribution in [0.5, 0.6) is 0 Å². The van der Waals surface area contributed by atoms with Crippen molar-refractivity contribution < 1.29 is 4.42 Å². The molecule has 0 N–H and O–H groups in total. The first kappa shape index (κ1) is 41.5. The van der Waals surface area contributed by atoms with E-state index in [-0.39, 0.29) is 5.43 Å². The standard InChI is InChI=1S/C68H44N2O2/c71-67-57-29-14-16-31-65(57)72-66-42-48(32-36-58(66)67)46-19-17-18-45(40-46)47-33-38-61-59(41-47)55-37-34-54(44-62(55)68(61,49-20-5-1-6-21-49)50-22-7-2-8-23-50)69(51-24-9-3-10-25-51)53-35-39-64-60(43-53)56-28-13-15-30-63(56)70(64)52-26-11-4-12-27-52/h1-44H. The van der Waals surface area contributed by atoms with E-state index in [1.54, 1.807) is 0 Å². The van der Waals surface area contributed by atoms with Crippen molar-refractivity contribution in [2.45, 2.75) is 5.41 Å². The number of nitrogens with zero attached hydrogens (tertiary/aromatic N) is 2. The first-order chi connectivity index (χ1) is 35.6. The minimum atomic E-state index is -0.627. The van der Waals surface area contributed by atoms with E-state index in [2.05, 4.69) is 234 Å². The van der Waals surface area contributed by atoms with Crippen LogP contribution in [0, 0.1) is 0 Å². The highest BCUT2D eigenvalue weighted by atomic mass is 16.3. The molecule has 2 heterocycles. The average Bonchev–Trinajstić information content (AvgIpc) is 3.94. The zero-order chi connectivity index (χ0) is 47.8. The van der Waals surface area contributed by atoms with Crippen molar-refractivity contribution in [2.75, 3.05) is 4.90 Å². The van der Waals surface area contributed by atoms with Gasteiger partial charge in [-0.1, -0.05) is 170 Å². The fraction of sp³-hybridized carbons (Fsp3) is 0.0147. The van der Waals surface area contributed by atoms with Crippen LogP contribution in [0.15, 0.2) is 276 Å². The maximum absolute atomic E-state index is 13.4. The summed E-state index contributed by atoms with van der Waals surface area (Å²) in [5.41, 5.74) is 18.8. The lowest BCUT2D eigenvalue weighted by atomic mass is 9.67. The Morgan fingerprint density at radius 1 is 0.347 bits per heavy atom. The third-order valence-electron chi connectivity index (χ3n) is 14.8. The van der Waals surface area contributed by atoms with Gasteiger partial charge in [0.15, 0.2) is 0 Å². The normalized spacial score (nSPS) is 12.6. The predicted molar refractivity (Wildman–Crippen MR) is 297 cm³/mol. The summed E-state index contributed by atoms with van der Waals surface area (Å²) in [4.78, 5) is 15.8. The van der Waals surface area contributed by atoms with Crippen LogP contribution in [0.1, 0.15) is 22.3 Å². The van der Waals surface area contributed by atoms with Crippen molar-refractivity contribution in [3.63, 3.8) is 0 Å². The number of hydrogen-bond donors (Lipinski definition) is 0. The molecule has 0 unspecified atom stereocenters. The molecule has 1 aliphatic rings.